The van der Waals surface area contributed by atoms with Crippen LogP contribution in [-0.4, -0.2) is 36.1 Å². The van der Waals surface area contributed by atoms with Gasteiger partial charge in [0, 0.05) is 13.1 Å². The lowest BCUT2D eigenvalue weighted by Crippen LogP contribution is -2.48. The maximum Gasteiger partial charge on any atom is 0.260 e. The van der Waals surface area contributed by atoms with Crippen LogP contribution in [0.25, 0.3) is 0 Å². The molecule has 1 fully saturated rings. The number of carbonyl (C=O) groups is 1. The molecule has 0 N–H and O–H groups in total. The van der Waals surface area contributed by atoms with E-state index >= 15 is 0 Å². The maximum absolute atomic E-state index is 13.6. The van der Waals surface area contributed by atoms with Crippen LogP contribution in [0, 0.1) is 29.1 Å². The lowest BCUT2D eigenvalue weighted by Gasteiger charge is -2.35. The molecule has 3 nitrogen and oxygen atoms in total. The highest BCUT2D eigenvalue weighted by atomic mass is 19.2. The summed E-state index contributed by atoms with van der Waals surface area (Å²) in [5.41, 5.74) is -1.44. The fourth-order valence-corrected chi connectivity index (χ4v) is 2.29. The largest absolute Gasteiger partial charge is 0.372 e. The average Bonchev–Trinajstić information content (AvgIpc) is 2.42. The Hall–Kier alpha value is -1.70. The molecule has 116 valence electrons. The lowest BCUT2D eigenvalue weighted by molar-refractivity contribution is -0.0588. The van der Waals surface area contributed by atoms with Gasteiger partial charge in [-0.25, -0.2) is 22.0 Å². The number of morpholine rings is 1. The molecule has 1 amide bonds. The van der Waals surface area contributed by atoms with Crippen molar-refractivity contribution in [1.29, 1.82) is 0 Å². The quantitative estimate of drug-likeness (QED) is 0.453. The van der Waals surface area contributed by atoms with E-state index in [0.29, 0.717) is 0 Å². The van der Waals surface area contributed by atoms with E-state index in [1.165, 1.54) is 0 Å². The van der Waals surface area contributed by atoms with E-state index in [1.54, 1.807) is 13.8 Å². The van der Waals surface area contributed by atoms with Crippen molar-refractivity contribution in [1.82, 2.24) is 4.90 Å². The third kappa shape index (κ3) is 2.72. The molecule has 0 radical (unpaired) electrons. The van der Waals surface area contributed by atoms with Crippen LogP contribution >= 0.6 is 0 Å². The molecular weight excluding hydrogens is 297 g/mol. The first-order valence-electron chi connectivity index (χ1n) is 6.20. The van der Waals surface area contributed by atoms with Gasteiger partial charge in [-0.1, -0.05) is 0 Å². The summed E-state index contributed by atoms with van der Waals surface area (Å²) < 4.78 is 71.8. The topological polar surface area (TPSA) is 29.5 Å². The van der Waals surface area contributed by atoms with Crippen molar-refractivity contribution >= 4 is 5.91 Å². The first-order chi connectivity index (χ1) is 9.73. The Labute approximate surface area is 117 Å². The van der Waals surface area contributed by atoms with Gasteiger partial charge >= 0.3 is 0 Å². The van der Waals surface area contributed by atoms with Gasteiger partial charge in [-0.2, -0.15) is 0 Å². The number of benzene rings is 1. The highest BCUT2D eigenvalue weighted by Gasteiger charge is 2.34. The van der Waals surface area contributed by atoms with Crippen LogP contribution in [0.15, 0.2) is 0 Å². The van der Waals surface area contributed by atoms with Gasteiger partial charge in [0.2, 0.25) is 5.82 Å². The summed E-state index contributed by atoms with van der Waals surface area (Å²) in [4.78, 5) is 13.1. The molecule has 2 rings (SSSR count). The van der Waals surface area contributed by atoms with Crippen molar-refractivity contribution in [2.75, 3.05) is 13.1 Å². The zero-order valence-electron chi connectivity index (χ0n) is 11.2. The summed E-state index contributed by atoms with van der Waals surface area (Å²) in [5.74, 6) is -12.0. The van der Waals surface area contributed by atoms with Gasteiger partial charge in [-0.3, -0.25) is 4.79 Å². The molecule has 1 aliphatic rings. The van der Waals surface area contributed by atoms with E-state index in [2.05, 4.69) is 0 Å². The van der Waals surface area contributed by atoms with E-state index in [4.69, 9.17) is 4.74 Å². The summed E-state index contributed by atoms with van der Waals surface area (Å²) in [6.45, 7) is 3.27. The molecule has 1 saturated heterocycles. The smallest absolute Gasteiger partial charge is 0.260 e. The molecule has 21 heavy (non-hydrogen) atoms. The van der Waals surface area contributed by atoms with Crippen LogP contribution in [0.1, 0.15) is 24.2 Å². The van der Waals surface area contributed by atoms with Gasteiger partial charge in [0.15, 0.2) is 23.3 Å². The Balaban J connectivity index is 2.44. The number of amides is 1. The van der Waals surface area contributed by atoms with Crippen molar-refractivity contribution in [3.8, 4) is 0 Å². The van der Waals surface area contributed by atoms with Crippen LogP contribution < -0.4 is 0 Å². The predicted octanol–water partition coefficient (Wildman–Crippen LogP) is 2.63. The van der Waals surface area contributed by atoms with Crippen LogP contribution in [-0.2, 0) is 4.74 Å². The van der Waals surface area contributed by atoms with Gasteiger partial charge in [0.25, 0.3) is 5.91 Å². The molecular formula is C13H12F5NO2. The molecule has 8 heteroatoms. The number of ether oxygens (including phenoxy) is 1. The summed E-state index contributed by atoms with van der Waals surface area (Å²) >= 11 is 0. The normalized spacial score (nSPS) is 22.5. The molecule has 0 unspecified atom stereocenters. The van der Waals surface area contributed by atoms with Gasteiger partial charge in [0.05, 0.1) is 12.2 Å². The second-order valence-corrected chi connectivity index (χ2v) is 4.91. The molecule has 2 atom stereocenters. The number of nitrogens with zero attached hydrogens (tertiary/aromatic N) is 1. The van der Waals surface area contributed by atoms with Crippen molar-refractivity contribution in [2.24, 2.45) is 0 Å². The fraction of sp³-hybridized carbons (Fsp3) is 0.462. The first-order valence-corrected chi connectivity index (χ1v) is 6.20. The molecule has 0 aliphatic carbocycles. The van der Waals surface area contributed by atoms with Gasteiger partial charge in [0.1, 0.15) is 5.56 Å². The van der Waals surface area contributed by atoms with Crippen LogP contribution in [0.3, 0.4) is 0 Å². The number of hydrogen-bond donors (Lipinski definition) is 0. The SMILES string of the molecule is C[C@@H]1CN(C(=O)c2c(F)c(F)c(F)c(F)c2F)C[C@H](C)O1. The Kier molecular flexibility index (Phi) is 4.18. The third-order valence-electron chi connectivity index (χ3n) is 3.13. The summed E-state index contributed by atoms with van der Waals surface area (Å²) in [7, 11) is 0. The molecule has 1 heterocycles. The number of hydrogen-bond acceptors (Lipinski definition) is 2. The van der Waals surface area contributed by atoms with Crippen LogP contribution in [0.2, 0.25) is 0 Å². The Morgan fingerprint density at radius 3 is 1.71 bits per heavy atom. The van der Waals surface area contributed by atoms with E-state index < -0.39 is 52.8 Å². The summed E-state index contributed by atoms with van der Waals surface area (Å²) in [6.07, 6.45) is -0.807. The first kappa shape index (κ1) is 15.7. The lowest BCUT2D eigenvalue weighted by atomic mass is 10.1. The number of halogens is 5. The van der Waals surface area contributed by atoms with Crippen LogP contribution in [0.5, 0.6) is 0 Å². The van der Waals surface area contributed by atoms with Crippen LogP contribution in [0.4, 0.5) is 22.0 Å². The second-order valence-electron chi connectivity index (χ2n) is 4.91. The summed E-state index contributed by atoms with van der Waals surface area (Å²) in [6, 6.07) is 0. The predicted molar refractivity (Wildman–Crippen MR) is 62.1 cm³/mol. The van der Waals surface area contributed by atoms with Gasteiger partial charge in [-0.15, -0.1) is 0 Å². The number of carbonyl (C=O) groups excluding carboxylic acids is 1. The highest BCUT2D eigenvalue weighted by molar-refractivity contribution is 5.95. The molecule has 0 aromatic heterocycles. The molecule has 0 spiro atoms. The average molecular weight is 309 g/mol. The monoisotopic (exact) mass is 309 g/mol. The third-order valence-corrected chi connectivity index (χ3v) is 3.13. The Bertz CT molecular complexity index is 553. The van der Waals surface area contributed by atoms with E-state index in [0.717, 1.165) is 4.90 Å². The zero-order valence-corrected chi connectivity index (χ0v) is 11.2. The Morgan fingerprint density at radius 1 is 0.905 bits per heavy atom. The van der Waals surface area contributed by atoms with Gasteiger partial charge in [-0.05, 0) is 13.8 Å². The van der Waals surface area contributed by atoms with Gasteiger partial charge < -0.3 is 9.64 Å². The minimum atomic E-state index is -2.29. The van der Waals surface area contributed by atoms with Crippen molar-refractivity contribution in [2.45, 2.75) is 26.1 Å². The maximum atomic E-state index is 13.6. The van der Waals surface area contributed by atoms with E-state index in [1.807, 2.05) is 0 Å². The van der Waals surface area contributed by atoms with E-state index in [9.17, 15) is 26.7 Å². The molecule has 0 saturated carbocycles. The van der Waals surface area contributed by atoms with Crippen molar-refractivity contribution in [3.63, 3.8) is 0 Å². The van der Waals surface area contributed by atoms with Crippen molar-refractivity contribution < 1.29 is 31.5 Å². The van der Waals surface area contributed by atoms with Crippen molar-refractivity contribution in [3.05, 3.63) is 34.6 Å². The molecule has 0 bridgehead atoms. The second kappa shape index (κ2) is 5.59. The minimum absolute atomic E-state index is 0.00265. The fourth-order valence-electron chi connectivity index (χ4n) is 2.29. The van der Waals surface area contributed by atoms with E-state index in [-0.39, 0.29) is 13.1 Å². The summed E-state index contributed by atoms with van der Waals surface area (Å²) in [5, 5.41) is 0. The zero-order chi connectivity index (χ0) is 15.9. The highest BCUT2D eigenvalue weighted by Crippen LogP contribution is 2.25. The molecule has 1 aromatic carbocycles. The number of rotatable bonds is 1. The standard InChI is InChI=1S/C13H12F5NO2/c1-5-3-19(4-6(2)21-5)13(20)7-8(14)10(16)12(18)11(17)9(7)15/h5-6H,3-4H2,1-2H3/t5-,6+. The molecule has 1 aromatic rings. The Morgan fingerprint density at radius 2 is 1.29 bits per heavy atom. The molecule has 1 aliphatic heterocycles. The minimum Gasteiger partial charge on any atom is -0.372 e.